The van der Waals surface area contributed by atoms with Gasteiger partial charge in [-0.25, -0.2) is 14.2 Å². The van der Waals surface area contributed by atoms with Crippen LogP contribution in [0.2, 0.25) is 0 Å². The zero-order valence-corrected chi connectivity index (χ0v) is 17.4. The van der Waals surface area contributed by atoms with E-state index in [-0.39, 0.29) is 23.5 Å². The van der Waals surface area contributed by atoms with Gasteiger partial charge in [0, 0.05) is 6.07 Å². The monoisotopic (exact) mass is 421 g/mol. The molecular formula is C22H23N5O4. The Bertz CT molecular complexity index is 1180. The molecule has 2 aromatic heterocycles. The lowest BCUT2D eigenvalue weighted by Gasteiger charge is -2.16. The number of hydrogen-bond donors (Lipinski definition) is 1. The SMILES string of the molecule is CCOC(=O)c1cnn(-c2ccccc2)c1NC(=O)C(C)n1nc2c(cc1=O)CCC2. The van der Waals surface area contributed by atoms with Crippen molar-refractivity contribution in [3.8, 4) is 5.69 Å². The van der Waals surface area contributed by atoms with Gasteiger partial charge in [0.15, 0.2) is 5.82 Å². The molecule has 3 aromatic rings. The van der Waals surface area contributed by atoms with Crippen LogP contribution in [-0.4, -0.2) is 38.0 Å². The quantitative estimate of drug-likeness (QED) is 0.612. The van der Waals surface area contributed by atoms with Crippen LogP contribution >= 0.6 is 0 Å². The Morgan fingerprint density at radius 1 is 1.23 bits per heavy atom. The van der Waals surface area contributed by atoms with Gasteiger partial charge < -0.3 is 10.1 Å². The van der Waals surface area contributed by atoms with Crippen LogP contribution in [0.4, 0.5) is 5.82 Å². The van der Waals surface area contributed by atoms with Gasteiger partial charge in [-0.2, -0.15) is 10.2 Å². The first-order valence-corrected chi connectivity index (χ1v) is 10.2. The fourth-order valence-corrected chi connectivity index (χ4v) is 3.62. The third kappa shape index (κ3) is 3.98. The first-order valence-electron chi connectivity index (χ1n) is 10.2. The minimum absolute atomic E-state index is 0.125. The first-order chi connectivity index (χ1) is 15.0. The Morgan fingerprint density at radius 3 is 2.74 bits per heavy atom. The van der Waals surface area contributed by atoms with Gasteiger partial charge in [0.1, 0.15) is 11.6 Å². The zero-order chi connectivity index (χ0) is 22.0. The molecule has 1 aliphatic carbocycles. The molecule has 0 radical (unpaired) electrons. The Balaban J connectivity index is 1.68. The Morgan fingerprint density at radius 2 is 2.00 bits per heavy atom. The summed E-state index contributed by atoms with van der Waals surface area (Å²) in [4.78, 5) is 38.0. The maximum Gasteiger partial charge on any atom is 0.343 e. The van der Waals surface area contributed by atoms with Crippen molar-refractivity contribution >= 4 is 17.7 Å². The highest BCUT2D eigenvalue weighted by atomic mass is 16.5. The molecule has 0 bridgehead atoms. The number of nitrogens with one attached hydrogen (secondary N) is 1. The summed E-state index contributed by atoms with van der Waals surface area (Å²) in [5.41, 5.74) is 2.25. The number of rotatable bonds is 6. The van der Waals surface area contributed by atoms with Crippen molar-refractivity contribution in [2.75, 3.05) is 11.9 Å². The molecule has 2 heterocycles. The van der Waals surface area contributed by atoms with Crippen LogP contribution in [0.25, 0.3) is 5.69 Å². The van der Waals surface area contributed by atoms with E-state index in [1.807, 2.05) is 18.2 Å². The molecule has 1 unspecified atom stereocenters. The van der Waals surface area contributed by atoms with E-state index in [2.05, 4.69) is 15.5 Å². The van der Waals surface area contributed by atoms with Crippen LogP contribution < -0.4 is 10.9 Å². The largest absolute Gasteiger partial charge is 0.462 e. The Kier molecular flexibility index (Phi) is 5.66. The second-order valence-corrected chi connectivity index (χ2v) is 7.29. The lowest BCUT2D eigenvalue weighted by molar-refractivity contribution is -0.119. The van der Waals surface area contributed by atoms with Crippen molar-refractivity contribution in [3.63, 3.8) is 0 Å². The summed E-state index contributed by atoms with van der Waals surface area (Å²) in [6, 6.07) is 9.77. The van der Waals surface area contributed by atoms with Gasteiger partial charge in [0.25, 0.3) is 5.56 Å². The lowest BCUT2D eigenvalue weighted by atomic mass is 10.2. The van der Waals surface area contributed by atoms with Gasteiger partial charge in [-0.05, 0) is 50.8 Å². The summed E-state index contributed by atoms with van der Waals surface area (Å²) >= 11 is 0. The maximum absolute atomic E-state index is 13.1. The Hall–Kier alpha value is -3.75. The van der Waals surface area contributed by atoms with Gasteiger partial charge in [0.2, 0.25) is 5.91 Å². The molecule has 1 N–H and O–H groups in total. The minimum Gasteiger partial charge on any atom is -0.462 e. The van der Waals surface area contributed by atoms with E-state index in [0.29, 0.717) is 5.69 Å². The van der Waals surface area contributed by atoms with Gasteiger partial charge in [-0.3, -0.25) is 9.59 Å². The highest BCUT2D eigenvalue weighted by molar-refractivity contribution is 6.01. The number of hydrogen-bond acceptors (Lipinski definition) is 6. The lowest BCUT2D eigenvalue weighted by Crippen LogP contribution is -2.34. The average molecular weight is 421 g/mol. The molecule has 9 heteroatoms. The number of esters is 1. The van der Waals surface area contributed by atoms with Crippen molar-refractivity contribution < 1.29 is 14.3 Å². The molecule has 0 saturated heterocycles. The number of para-hydroxylation sites is 1. The summed E-state index contributed by atoms with van der Waals surface area (Å²) in [6.07, 6.45) is 3.92. The molecule has 0 spiro atoms. The maximum atomic E-state index is 13.1. The van der Waals surface area contributed by atoms with Crippen molar-refractivity contribution in [2.45, 2.75) is 39.2 Å². The summed E-state index contributed by atoms with van der Waals surface area (Å²) in [6.45, 7) is 3.48. The van der Waals surface area contributed by atoms with Gasteiger partial charge in [-0.1, -0.05) is 18.2 Å². The molecule has 0 aliphatic heterocycles. The van der Waals surface area contributed by atoms with Crippen LogP contribution in [0.5, 0.6) is 0 Å². The van der Waals surface area contributed by atoms with E-state index in [1.54, 1.807) is 32.0 Å². The number of ether oxygens (including phenoxy) is 1. The summed E-state index contributed by atoms with van der Waals surface area (Å²) in [7, 11) is 0. The molecule has 9 nitrogen and oxygen atoms in total. The predicted octanol–water partition coefficient (Wildman–Crippen LogP) is 2.29. The van der Waals surface area contributed by atoms with E-state index in [1.165, 1.54) is 15.6 Å². The van der Waals surface area contributed by atoms with E-state index < -0.39 is 17.9 Å². The third-order valence-electron chi connectivity index (χ3n) is 5.24. The summed E-state index contributed by atoms with van der Waals surface area (Å²) in [5.74, 6) is -0.910. The fourth-order valence-electron chi connectivity index (χ4n) is 3.62. The molecule has 4 rings (SSSR count). The normalized spacial score (nSPS) is 13.5. The number of anilines is 1. The van der Waals surface area contributed by atoms with Crippen molar-refractivity contribution in [2.24, 2.45) is 0 Å². The molecule has 31 heavy (non-hydrogen) atoms. The van der Waals surface area contributed by atoms with Crippen LogP contribution in [0.1, 0.15) is 47.9 Å². The number of amides is 1. The summed E-state index contributed by atoms with van der Waals surface area (Å²) in [5, 5.41) is 11.4. The van der Waals surface area contributed by atoms with E-state index in [9.17, 15) is 14.4 Å². The van der Waals surface area contributed by atoms with Crippen molar-refractivity contribution in [1.29, 1.82) is 0 Å². The fraction of sp³-hybridized carbons (Fsp3) is 0.318. The Labute approximate surface area is 178 Å². The second kappa shape index (κ2) is 8.55. The highest BCUT2D eigenvalue weighted by Crippen LogP contribution is 2.23. The molecule has 0 saturated carbocycles. The van der Waals surface area contributed by atoms with Gasteiger partial charge >= 0.3 is 5.97 Å². The van der Waals surface area contributed by atoms with Crippen LogP contribution in [0, 0.1) is 0 Å². The summed E-state index contributed by atoms with van der Waals surface area (Å²) < 4.78 is 7.74. The van der Waals surface area contributed by atoms with E-state index >= 15 is 0 Å². The molecular weight excluding hydrogens is 398 g/mol. The van der Waals surface area contributed by atoms with Crippen molar-refractivity contribution in [3.05, 3.63) is 69.8 Å². The zero-order valence-electron chi connectivity index (χ0n) is 17.4. The molecule has 1 amide bonds. The van der Waals surface area contributed by atoms with Gasteiger partial charge in [-0.15, -0.1) is 0 Å². The smallest absolute Gasteiger partial charge is 0.343 e. The molecule has 0 fully saturated rings. The molecule has 1 atom stereocenters. The van der Waals surface area contributed by atoms with Crippen LogP contribution in [0.15, 0.2) is 47.4 Å². The number of aryl methyl sites for hydroxylation is 2. The minimum atomic E-state index is -0.882. The van der Waals surface area contributed by atoms with Crippen LogP contribution in [0.3, 0.4) is 0 Å². The highest BCUT2D eigenvalue weighted by Gasteiger charge is 2.26. The topological polar surface area (TPSA) is 108 Å². The average Bonchev–Trinajstić information content (AvgIpc) is 3.40. The number of nitrogens with zero attached hydrogens (tertiary/aromatic N) is 4. The molecule has 1 aromatic carbocycles. The number of carbonyl (C=O) groups excluding carboxylic acids is 2. The molecule has 1 aliphatic rings. The van der Waals surface area contributed by atoms with Crippen LogP contribution in [-0.2, 0) is 22.4 Å². The van der Waals surface area contributed by atoms with Gasteiger partial charge in [0.05, 0.1) is 24.2 Å². The standard InChI is InChI=1S/C22H23N5O4/c1-3-31-22(30)17-13-23-27(16-9-5-4-6-10-16)20(17)24-21(29)14(2)26-19(28)12-15-8-7-11-18(15)25-26/h4-6,9-10,12-14H,3,7-8,11H2,1-2H3,(H,24,29). The number of fused-ring (bicyclic) bond motifs is 1. The second-order valence-electron chi connectivity index (χ2n) is 7.29. The number of aromatic nitrogens is 4. The van der Waals surface area contributed by atoms with Crippen molar-refractivity contribution in [1.82, 2.24) is 19.6 Å². The van der Waals surface area contributed by atoms with E-state index in [4.69, 9.17) is 4.74 Å². The number of carbonyl (C=O) groups is 2. The first kappa shape index (κ1) is 20.5. The predicted molar refractivity (Wildman–Crippen MR) is 113 cm³/mol. The number of benzene rings is 1. The third-order valence-corrected chi connectivity index (χ3v) is 5.24. The van der Waals surface area contributed by atoms with E-state index in [0.717, 1.165) is 30.5 Å². The molecule has 160 valence electrons.